The van der Waals surface area contributed by atoms with Gasteiger partial charge >= 0.3 is 0 Å². The van der Waals surface area contributed by atoms with Crippen molar-refractivity contribution in [2.45, 2.75) is 45.1 Å². The number of nitrogens with zero attached hydrogens (tertiary/aromatic N) is 1. The highest BCUT2D eigenvalue weighted by molar-refractivity contribution is 5.86. The Morgan fingerprint density at radius 2 is 2.31 bits per heavy atom. The molecule has 16 heavy (non-hydrogen) atoms. The topological polar surface area (TPSA) is 55.1 Å². The van der Waals surface area contributed by atoms with E-state index in [9.17, 15) is 4.79 Å². The first-order valence-corrected chi connectivity index (χ1v) is 5.69. The van der Waals surface area contributed by atoms with Crippen LogP contribution in [0.2, 0.25) is 0 Å². The molecule has 0 aromatic carbocycles. The van der Waals surface area contributed by atoms with Crippen molar-refractivity contribution >= 4 is 5.78 Å². The summed E-state index contributed by atoms with van der Waals surface area (Å²) in [6.07, 6.45) is 1.32. The van der Waals surface area contributed by atoms with Gasteiger partial charge in [0.1, 0.15) is 5.76 Å². The van der Waals surface area contributed by atoms with Crippen LogP contribution < -0.4 is 5.32 Å². The van der Waals surface area contributed by atoms with Crippen LogP contribution in [0.15, 0.2) is 10.6 Å². The third-order valence-electron chi connectivity index (χ3n) is 2.87. The first-order valence-electron chi connectivity index (χ1n) is 5.69. The van der Waals surface area contributed by atoms with Gasteiger partial charge in [-0.1, -0.05) is 25.9 Å². The van der Waals surface area contributed by atoms with Crippen LogP contribution in [-0.2, 0) is 16.6 Å². The van der Waals surface area contributed by atoms with E-state index >= 15 is 0 Å². The van der Waals surface area contributed by atoms with Gasteiger partial charge in [-0.15, -0.1) is 0 Å². The van der Waals surface area contributed by atoms with Gasteiger partial charge in [0.2, 0.25) is 0 Å². The number of rotatable bonds is 3. The summed E-state index contributed by atoms with van der Waals surface area (Å²) in [6, 6.07) is 1.92. The number of hydrogen-bond donors (Lipinski definition) is 1. The highest BCUT2D eigenvalue weighted by Crippen LogP contribution is 2.23. The lowest BCUT2D eigenvalue weighted by Crippen LogP contribution is -2.49. The molecule has 1 saturated heterocycles. The van der Waals surface area contributed by atoms with E-state index in [2.05, 4.69) is 31.2 Å². The Morgan fingerprint density at radius 1 is 1.62 bits per heavy atom. The fraction of sp³-hybridized carbons (Fsp3) is 0.667. The van der Waals surface area contributed by atoms with Gasteiger partial charge in [0.05, 0.1) is 18.2 Å². The summed E-state index contributed by atoms with van der Waals surface area (Å²) < 4.78 is 5.24. The van der Waals surface area contributed by atoms with Gasteiger partial charge in [0.25, 0.3) is 0 Å². The van der Waals surface area contributed by atoms with Crippen LogP contribution in [0.3, 0.4) is 0 Å². The number of carbonyl (C=O) groups excluding carboxylic acids is 1. The molecule has 4 nitrogen and oxygen atoms in total. The molecule has 88 valence electrons. The van der Waals surface area contributed by atoms with E-state index in [1.807, 2.05) is 6.07 Å². The molecule has 1 N–H and O–H groups in total. The van der Waals surface area contributed by atoms with Gasteiger partial charge in [-0.25, -0.2) is 0 Å². The number of Topliss-reactive ketones (excluding diaryl/α,β-unsaturated/α-hetero) is 1. The lowest BCUT2D eigenvalue weighted by molar-refractivity contribution is -0.122. The van der Waals surface area contributed by atoms with Gasteiger partial charge in [-0.2, -0.15) is 0 Å². The van der Waals surface area contributed by atoms with E-state index < -0.39 is 0 Å². The Morgan fingerprint density at radius 3 is 2.75 bits per heavy atom. The van der Waals surface area contributed by atoms with E-state index in [0.29, 0.717) is 6.42 Å². The van der Waals surface area contributed by atoms with Gasteiger partial charge < -0.3 is 9.84 Å². The molecule has 1 aromatic heterocycles. The maximum atomic E-state index is 11.7. The molecule has 2 rings (SSSR count). The third-order valence-corrected chi connectivity index (χ3v) is 2.87. The predicted octanol–water partition coefficient (Wildman–Crippen LogP) is 1.45. The molecule has 0 unspecified atom stereocenters. The Hall–Kier alpha value is -1.16. The molecule has 4 heteroatoms. The van der Waals surface area contributed by atoms with Crippen molar-refractivity contribution in [1.29, 1.82) is 0 Å². The van der Waals surface area contributed by atoms with Crippen molar-refractivity contribution in [3.63, 3.8) is 0 Å². The monoisotopic (exact) mass is 222 g/mol. The minimum Gasteiger partial charge on any atom is -0.361 e. The second-order valence-corrected chi connectivity index (χ2v) is 5.37. The largest absolute Gasteiger partial charge is 0.361 e. The molecule has 0 spiro atoms. The molecule has 1 atom stereocenters. The Kier molecular flexibility index (Phi) is 2.84. The number of aromatic nitrogens is 1. The molecular formula is C12H18N2O2. The fourth-order valence-electron chi connectivity index (χ4n) is 1.61. The summed E-state index contributed by atoms with van der Waals surface area (Å²) in [6.45, 7) is 7.13. The molecule has 1 aromatic rings. The molecule has 0 saturated carbocycles. The first-order chi connectivity index (χ1) is 7.47. The maximum absolute atomic E-state index is 11.7. The molecule has 0 radical (unpaired) electrons. The summed E-state index contributed by atoms with van der Waals surface area (Å²) in [7, 11) is 0. The van der Waals surface area contributed by atoms with Crippen LogP contribution in [0.4, 0.5) is 0 Å². The molecule has 0 aliphatic carbocycles. The van der Waals surface area contributed by atoms with Crippen LogP contribution in [0, 0.1) is 0 Å². The Labute approximate surface area is 95.4 Å². The summed E-state index contributed by atoms with van der Waals surface area (Å²) >= 11 is 0. The lowest BCUT2D eigenvalue weighted by atomic mass is 9.92. The van der Waals surface area contributed by atoms with Crippen molar-refractivity contribution in [1.82, 2.24) is 10.5 Å². The predicted molar refractivity (Wildman–Crippen MR) is 60.3 cm³/mol. The Balaban J connectivity index is 1.99. The standard InChI is InChI=1S/C12H18N2O2/c1-12(2,3)11-7-8(14-16-11)6-10(15)9-4-5-13-9/h7,9,13H,4-6H2,1-3H3/t9-/m0/s1. The highest BCUT2D eigenvalue weighted by atomic mass is 16.5. The molecular weight excluding hydrogens is 204 g/mol. The van der Waals surface area contributed by atoms with Crippen LogP contribution in [0.25, 0.3) is 0 Å². The number of ketones is 1. The van der Waals surface area contributed by atoms with Crippen molar-refractivity contribution in [2.75, 3.05) is 6.54 Å². The van der Waals surface area contributed by atoms with Gasteiger partial charge in [0.15, 0.2) is 5.78 Å². The van der Waals surface area contributed by atoms with Gasteiger partial charge in [0, 0.05) is 11.5 Å². The van der Waals surface area contributed by atoms with Crippen molar-refractivity contribution < 1.29 is 9.32 Å². The number of carbonyl (C=O) groups is 1. The summed E-state index contributed by atoms with van der Waals surface area (Å²) in [4.78, 5) is 11.7. The van der Waals surface area contributed by atoms with E-state index in [0.717, 1.165) is 24.4 Å². The average molecular weight is 222 g/mol. The molecule has 1 aliphatic rings. The summed E-state index contributed by atoms with van der Waals surface area (Å²) in [5.74, 6) is 1.04. The van der Waals surface area contributed by atoms with E-state index in [1.165, 1.54) is 0 Å². The number of nitrogens with one attached hydrogen (secondary N) is 1. The maximum Gasteiger partial charge on any atom is 0.155 e. The average Bonchev–Trinajstić information content (AvgIpc) is 2.47. The molecule has 0 amide bonds. The second-order valence-electron chi connectivity index (χ2n) is 5.37. The quantitative estimate of drug-likeness (QED) is 0.841. The van der Waals surface area contributed by atoms with Crippen LogP contribution in [0.5, 0.6) is 0 Å². The fourth-order valence-corrected chi connectivity index (χ4v) is 1.61. The summed E-state index contributed by atoms with van der Waals surface area (Å²) in [5, 5.41) is 7.03. The van der Waals surface area contributed by atoms with Crippen molar-refractivity contribution in [3.05, 3.63) is 17.5 Å². The second kappa shape index (κ2) is 4.01. The minimum atomic E-state index is -0.0526. The van der Waals surface area contributed by atoms with Crippen molar-refractivity contribution in [3.8, 4) is 0 Å². The van der Waals surface area contributed by atoms with E-state index in [1.54, 1.807) is 0 Å². The number of hydrogen-bond acceptors (Lipinski definition) is 4. The zero-order valence-corrected chi connectivity index (χ0v) is 10.0. The van der Waals surface area contributed by atoms with Gasteiger partial charge in [-0.05, 0) is 13.0 Å². The smallest absolute Gasteiger partial charge is 0.155 e. The normalized spacial score (nSPS) is 20.6. The first kappa shape index (κ1) is 11.3. The van der Waals surface area contributed by atoms with E-state index in [4.69, 9.17) is 4.52 Å². The minimum absolute atomic E-state index is 0.0368. The molecule has 1 aliphatic heterocycles. The highest BCUT2D eigenvalue weighted by Gasteiger charge is 2.26. The van der Waals surface area contributed by atoms with Gasteiger partial charge in [-0.3, -0.25) is 4.79 Å². The SMILES string of the molecule is CC(C)(C)c1cc(CC(=O)[C@@H]2CCN2)no1. The van der Waals surface area contributed by atoms with Crippen LogP contribution >= 0.6 is 0 Å². The Bertz CT molecular complexity index is 386. The van der Waals surface area contributed by atoms with E-state index in [-0.39, 0.29) is 17.2 Å². The molecule has 1 fully saturated rings. The summed E-state index contributed by atoms with van der Waals surface area (Å²) in [5.41, 5.74) is 0.687. The molecule has 0 bridgehead atoms. The van der Waals surface area contributed by atoms with Crippen LogP contribution in [0.1, 0.15) is 38.6 Å². The van der Waals surface area contributed by atoms with Crippen LogP contribution in [-0.4, -0.2) is 23.5 Å². The zero-order chi connectivity index (χ0) is 11.8. The molecule has 2 heterocycles. The lowest BCUT2D eigenvalue weighted by Gasteiger charge is -2.25. The van der Waals surface area contributed by atoms with Crippen molar-refractivity contribution in [2.24, 2.45) is 0 Å². The zero-order valence-electron chi connectivity index (χ0n) is 10.0. The third kappa shape index (κ3) is 2.32.